The zero-order valence-corrected chi connectivity index (χ0v) is 15.7. The molecular weight excluding hydrogens is 324 g/mol. The molecule has 0 radical (unpaired) electrons. The lowest BCUT2D eigenvalue weighted by atomic mass is 10.1. The van der Waals surface area contributed by atoms with E-state index in [1.807, 2.05) is 20.0 Å². The molecule has 0 saturated heterocycles. The van der Waals surface area contributed by atoms with Crippen molar-refractivity contribution in [3.8, 4) is 5.75 Å². The SMILES string of the molecule is CCc1ncc(CN(C)C(=O)NCc2ncc(C)c(OC)c2C)s1. The summed E-state index contributed by atoms with van der Waals surface area (Å²) >= 11 is 1.64. The van der Waals surface area contributed by atoms with Crippen molar-refractivity contribution in [3.05, 3.63) is 39.1 Å². The molecule has 0 saturated carbocycles. The molecule has 7 heteroatoms. The maximum Gasteiger partial charge on any atom is 0.317 e. The third kappa shape index (κ3) is 4.23. The van der Waals surface area contributed by atoms with Crippen LogP contribution in [0.3, 0.4) is 0 Å². The van der Waals surface area contributed by atoms with E-state index in [0.29, 0.717) is 13.1 Å². The zero-order valence-electron chi connectivity index (χ0n) is 14.8. The fraction of sp³-hybridized carbons (Fsp3) is 0.471. The fourth-order valence-electron chi connectivity index (χ4n) is 2.43. The maximum absolute atomic E-state index is 12.3. The number of hydrogen-bond acceptors (Lipinski definition) is 5. The van der Waals surface area contributed by atoms with Crippen LogP contribution in [0.1, 0.15) is 33.6 Å². The van der Waals surface area contributed by atoms with E-state index in [2.05, 4.69) is 22.2 Å². The predicted molar refractivity (Wildman–Crippen MR) is 95.5 cm³/mol. The number of urea groups is 1. The van der Waals surface area contributed by atoms with Gasteiger partial charge in [-0.15, -0.1) is 11.3 Å². The van der Waals surface area contributed by atoms with Crippen molar-refractivity contribution in [2.75, 3.05) is 14.2 Å². The lowest BCUT2D eigenvalue weighted by Crippen LogP contribution is -2.36. The first-order valence-corrected chi connectivity index (χ1v) is 8.69. The minimum Gasteiger partial charge on any atom is -0.496 e. The molecule has 0 aromatic carbocycles. The first kappa shape index (κ1) is 18.2. The van der Waals surface area contributed by atoms with Crippen LogP contribution in [0.2, 0.25) is 0 Å². The molecule has 2 rings (SSSR count). The van der Waals surface area contributed by atoms with Crippen LogP contribution in [-0.4, -0.2) is 35.1 Å². The van der Waals surface area contributed by atoms with Crippen molar-refractivity contribution in [2.45, 2.75) is 40.3 Å². The number of nitrogens with one attached hydrogen (secondary N) is 1. The molecule has 2 aromatic heterocycles. The predicted octanol–water partition coefficient (Wildman–Crippen LogP) is 3.07. The summed E-state index contributed by atoms with van der Waals surface area (Å²) in [5, 5.41) is 3.99. The molecule has 2 heterocycles. The number of carbonyl (C=O) groups is 1. The number of methoxy groups -OCH3 is 1. The van der Waals surface area contributed by atoms with Crippen LogP contribution in [0, 0.1) is 13.8 Å². The Hall–Kier alpha value is -2.15. The van der Waals surface area contributed by atoms with Gasteiger partial charge in [-0.25, -0.2) is 9.78 Å². The fourth-order valence-corrected chi connectivity index (χ4v) is 3.35. The lowest BCUT2D eigenvalue weighted by Gasteiger charge is -2.18. The number of aromatic nitrogens is 2. The molecule has 0 spiro atoms. The van der Waals surface area contributed by atoms with Gasteiger partial charge in [0, 0.05) is 35.4 Å². The van der Waals surface area contributed by atoms with E-state index in [1.54, 1.807) is 36.6 Å². The Balaban J connectivity index is 1.95. The molecule has 0 fully saturated rings. The van der Waals surface area contributed by atoms with Gasteiger partial charge in [0.1, 0.15) is 5.75 Å². The summed E-state index contributed by atoms with van der Waals surface area (Å²) in [5.74, 6) is 0.819. The zero-order chi connectivity index (χ0) is 17.7. The topological polar surface area (TPSA) is 67.4 Å². The molecule has 0 aliphatic carbocycles. The molecule has 2 aromatic rings. The Morgan fingerprint density at radius 2 is 2.08 bits per heavy atom. The molecule has 6 nitrogen and oxygen atoms in total. The Morgan fingerprint density at radius 1 is 1.33 bits per heavy atom. The highest BCUT2D eigenvalue weighted by molar-refractivity contribution is 7.11. The van der Waals surface area contributed by atoms with Crippen molar-refractivity contribution >= 4 is 17.4 Å². The van der Waals surface area contributed by atoms with Crippen LogP contribution >= 0.6 is 11.3 Å². The van der Waals surface area contributed by atoms with Crippen LogP contribution < -0.4 is 10.1 Å². The van der Waals surface area contributed by atoms with Gasteiger partial charge in [0.15, 0.2) is 0 Å². The second-order valence-electron chi connectivity index (χ2n) is 5.63. The van der Waals surface area contributed by atoms with Crippen LogP contribution in [0.15, 0.2) is 12.4 Å². The molecule has 0 atom stereocenters. The second kappa shape index (κ2) is 8.10. The van der Waals surface area contributed by atoms with Crippen molar-refractivity contribution in [1.29, 1.82) is 0 Å². The van der Waals surface area contributed by atoms with Gasteiger partial charge >= 0.3 is 6.03 Å². The highest BCUT2D eigenvalue weighted by atomic mass is 32.1. The van der Waals surface area contributed by atoms with E-state index >= 15 is 0 Å². The number of pyridine rings is 1. The maximum atomic E-state index is 12.3. The van der Waals surface area contributed by atoms with Crippen molar-refractivity contribution in [2.24, 2.45) is 0 Å². The largest absolute Gasteiger partial charge is 0.496 e. The van der Waals surface area contributed by atoms with Crippen LogP contribution in [0.5, 0.6) is 5.75 Å². The third-order valence-corrected chi connectivity index (χ3v) is 4.93. The number of aryl methyl sites for hydroxylation is 2. The van der Waals surface area contributed by atoms with E-state index in [9.17, 15) is 4.79 Å². The van der Waals surface area contributed by atoms with Gasteiger partial charge in [-0.05, 0) is 20.3 Å². The molecule has 0 unspecified atom stereocenters. The highest BCUT2D eigenvalue weighted by Crippen LogP contribution is 2.23. The Morgan fingerprint density at radius 3 is 2.71 bits per heavy atom. The van der Waals surface area contributed by atoms with Gasteiger partial charge < -0.3 is 15.0 Å². The molecule has 1 N–H and O–H groups in total. The van der Waals surface area contributed by atoms with E-state index in [-0.39, 0.29) is 6.03 Å². The standard InChI is InChI=1S/C17H24N4O2S/c1-6-15-19-8-13(24-15)10-21(4)17(22)20-9-14-12(3)16(23-5)11(2)7-18-14/h7-8H,6,9-10H2,1-5H3,(H,20,22). The van der Waals surface area contributed by atoms with Crippen molar-refractivity contribution in [3.63, 3.8) is 0 Å². The summed E-state index contributed by atoms with van der Waals surface area (Å²) < 4.78 is 5.39. The van der Waals surface area contributed by atoms with E-state index in [4.69, 9.17) is 4.74 Å². The number of nitrogens with zero attached hydrogens (tertiary/aromatic N) is 3. The minimum atomic E-state index is -0.137. The summed E-state index contributed by atoms with van der Waals surface area (Å²) in [5.41, 5.74) is 2.75. The number of ether oxygens (including phenoxy) is 1. The number of rotatable bonds is 6. The summed E-state index contributed by atoms with van der Waals surface area (Å²) in [6.07, 6.45) is 4.52. The van der Waals surface area contributed by atoms with E-state index in [0.717, 1.165) is 38.9 Å². The van der Waals surface area contributed by atoms with Gasteiger partial charge in [0.05, 0.1) is 30.9 Å². The number of hydrogen-bond donors (Lipinski definition) is 1. The molecule has 0 aliphatic rings. The average molecular weight is 348 g/mol. The molecule has 24 heavy (non-hydrogen) atoms. The Labute approximate surface area is 146 Å². The van der Waals surface area contributed by atoms with Crippen LogP contribution in [0.4, 0.5) is 4.79 Å². The van der Waals surface area contributed by atoms with Gasteiger partial charge in [-0.1, -0.05) is 6.92 Å². The summed E-state index contributed by atoms with van der Waals surface area (Å²) in [6.45, 7) is 6.90. The summed E-state index contributed by atoms with van der Waals surface area (Å²) in [4.78, 5) is 23.7. The van der Waals surface area contributed by atoms with Gasteiger partial charge in [-0.3, -0.25) is 4.98 Å². The lowest BCUT2D eigenvalue weighted by molar-refractivity contribution is 0.206. The molecular formula is C17H24N4O2S. The summed E-state index contributed by atoms with van der Waals surface area (Å²) in [7, 11) is 3.42. The van der Waals surface area contributed by atoms with Crippen molar-refractivity contribution in [1.82, 2.24) is 20.2 Å². The Bertz CT molecular complexity index is 715. The Kier molecular flexibility index (Phi) is 6.14. The van der Waals surface area contributed by atoms with E-state index < -0.39 is 0 Å². The smallest absolute Gasteiger partial charge is 0.317 e. The third-order valence-electron chi connectivity index (χ3n) is 3.80. The first-order chi connectivity index (χ1) is 11.5. The minimum absolute atomic E-state index is 0.137. The number of thiazole rings is 1. The second-order valence-corrected chi connectivity index (χ2v) is 6.83. The van der Waals surface area contributed by atoms with E-state index in [1.165, 1.54) is 0 Å². The van der Waals surface area contributed by atoms with Gasteiger partial charge in [0.25, 0.3) is 0 Å². The van der Waals surface area contributed by atoms with Gasteiger partial charge in [-0.2, -0.15) is 0 Å². The summed E-state index contributed by atoms with van der Waals surface area (Å²) in [6, 6.07) is -0.137. The van der Waals surface area contributed by atoms with Crippen LogP contribution in [0.25, 0.3) is 0 Å². The quantitative estimate of drug-likeness (QED) is 0.871. The molecule has 130 valence electrons. The molecule has 2 amide bonds. The normalized spacial score (nSPS) is 10.5. The first-order valence-electron chi connectivity index (χ1n) is 7.87. The average Bonchev–Trinajstić information content (AvgIpc) is 3.02. The highest BCUT2D eigenvalue weighted by Gasteiger charge is 2.13. The molecule has 0 bridgehead atoms. The molecule has 0 aliphatic heterocycles. The van der Waals surface area contributed by atoms with Gasteiger partial charge in [0.2, 0.25) is 0 Å². The van der Waals surface area contributed by atoms with Crippen LogP contribution in [-0.2, 0) is 19.5 Å². The van der Waals surface area contributed by atoms with Crippen molar-refractivity contribution < 1.29 is 9.53 Å². The number of amides is 2. The number of carbonyl (C=O) groups excluding carboxylic acids is 1. The monoisotopic (exact) mass is 348 g/mol.